The fourth-order valence-corrected chi connectivity index (χ4v) is 3.37. The minimum atomic E-state index is -3.95. The molecule has 8 heteroatoms. The molecule has 0 radical (unpaired) electrons. The maximum atomic E-state index is 12.3. The summed E-state index contributed by atoms with van der Waals surface area (Å²) in [5, 5.41) is 18.5. The van der Waals surface area contributed by atoms with Gasteiger partial charge in [-0.15, -0.1) is 0 Å². The number of carbonyl (C=O) groups is 1. The number of aromatic hydroxyl groups is 1. The Hall–Kier alpha value is -1.90. The van der Waals surface area contributed by atoms with Crippen LogP contribution >= 0.6 is 15.9 Å². The highest BCUT2D eigenvalue weighted by Gasteiger charge is 2.25. The Morgan fingerprint density at radius 1 is 1.09 bits per heavy atom. The Kier molecular flexibility index (Phi) is 5.40. The Morgan fingerprint density at radius 3 is 2.17 bits per heavy atom. The van der Waals surface area contributed by atoms with Gasteiger partial charge in [0.05, 0.1) is 4.90 Å². The third-order valence-electron chi connectivity index (χ3n) is 3.10. The highest BCUT2D eigenvalue weighted by Crippen LogP contribution is 2.16. The van der Waals surface area contributed by atoms with Crippen LogP contribution in [-0.2, 0) is 21.2 Å². The second kappa shape index (κ2) is 7.12. The summed E-state index contributed by atoms with van der Waals surface area (Å²) in [7, 11) is -3.95. The van der Waals surface area contributed by atoms with E-state index in [1.54, 1.807) is 24.3 Å². The molecule has 2 rings (SSSR count). The smallest absolute Gasteiger partial charge is 0.322 e. The molecule has 0 spiro atoms. The molecule has 2 aromatic carbocycles. The molecule has 0 amide bonds. The number of phenolic OH excluding ortho intramolecular Hbond substituents is 1. The number of carboxylic acids is 1. The first-order valence-corrected chi connectivity index (χ1v) is 8.84. The minimum Gasteiger partial charge on any atom is -0.508 e. The Morgan fingerprint density at radius 2 is 1.65 bits per heavy atom. The average Bonchev–Trinajstić information content (AvgIpc) is 2.49. The van der Waals surface area contributed by atoms with Gasteiger partial charge in [-0.1, -0.05) is 28.1 Å². The number of halogens is 1. The molecule has 0 heterocycles. The molecular weight excluding hydrogens is 386 g/mol. The molecule has 0 saturated heterocycles. The van der Waals surface area contributed by atoms with Crippen LogP contribution in [-0.4, -0.2) is 30.6 Å². The van der Waals surface area contributed by atoms with E-state index in [-0.39, 0.29) is 17.1 Å². The van der Waals surface area contributed by atoms with E-state index in [0.29, 0.717) is 5.56 Å². The maximum Gasteiger partial charge on any atom is 0.322 e. The van der Waals surface area contributed by atoms with Gasteiger partial charge in [-0.3, -0.25) is 4.79 Å². The van der Waals surface area contributed by atoms with Crippen LogP contribution in [0.3, 0.4) is 0 Å². The van der Waals surface area contributed by atoms with E-state index in [4.69, 9.17) is 0 Å². The van der Waals surface area contributed by atoms with E-state index in [2.05, 4.69) is 20.7 Å². The van der Waals surface area contributed by atoms with Crippen LogP contribution in [0.1, 0.15) is 5.56 Å². The summed E-state index contributed by atoms with van der Waals surface area (Å²) < 4.78 is 27.5. The molecule has 6 nitrogen and oxygen atoms in total. The van der Waals surface area contributed by atoms with Crippen LogP contribution in [0.4, 0.5) is 0 Å². The van der Waals surface area contributed by atoms with Gasteiger partial charge in [0, 0.05) is 4.47 Å². The number of sulfonamides is 1. The normalized spacial score (nSPS) is 12.7. The summed E-state index contributed by atoms with van der Waals surface area (Å²) in [6, 6.07) is 10.5. The molecular formula is C15H14BrNO5S. The average molecular weight is 400 g/mol. The number of hydrogen-bond acceptors (Lipinski definition) is 4. The zero-order chi connectivity index (χ0) is 17.0. The van der Waals surface area contributed by atoms with Crippen molar-refractivity contribution in [1.29, 1.82) is 0 Å². The van der Waals surface area contributed by atoms with Crippen molar-refractivity contribution < 1.29 is 23.4 Å². The highest BCUT2D eigenvalue weighted by molar-refractivity contribution is 9.10. The summed E-state index contributed by atoms with van der Waals surface area (Å²) >= 11 is 3.21. The molecule has 2 aromatic rings. The molecule has 0 fully saturated rings. The summed E-state index contributed by atoms with van der Waals surface area (Å²) in [6.45, 7) is 0. The van der Waals surface area contributed by atoms with Crippen LogP contribution in [0.25, 0.3) is 0 Å². The number of nitrogens with one attached hydrogen (secondary N) is 1. The SMILES string of the molecule is O=C(O)C(Cc1ccc(O)cc1)NS(=O)(=O)c1ccc(Br)cc1. The lowest BCUT2D eigenvalue weighted by atomic mass is 10.1. The molecule has 1 atom stereocenters. The first-order valence-electron chi connectivity index (χ1n) is 6.56. The zero-order valence-corrected chi connectivity index (χ0v) is 14.2. The molecule has 0 saturated carbocycles. The first-order chi connectivity index (χ1) is 10.8. The van der Waals surface area contributed by atoms with Gasteiger partial charge in [-0.2, -0.15) is 4.72 Å². The molecule has 0 aromatic heterocycles. The molecule has 23 heavy (non-hydrogen) atoms. The zero-order valence-electron chi connectivity index (χ0n) is 11.8. The second-order valence-corrected chi connectivity index (χ2v) is 7.47. The molecule has 0 aliphatic heterocycles. The summed E-state index contributed by atoms with van der Waals surface area (Å²) in [5.74, 6) is -1.23. The van der Waals surface area contributed by atoms with Crippen molar-refractivity contribution in [1.82, 2.24) is 4.72 Å². The number of carboxylic acid groups (broad SMARTS) is 1. The van der Waals surface area contributed by atoms with Crippen molar-refractivity contribution in [3.05, 3.63) is 58.6 Å². The largest absolute Gasteiger partial charge is 0.508 e. The lowest BCUT2D eigenvalue weighted by molar-refractivity contribution is -0.138. The lowest BCUT2D eigenvalue weighted by Crippen LogP contribution is -2.42. The third-order valence-corrected chi connectivity index (χ3v) is 5.11. The van der Waals surface area contributed by atoms with Crippen molar-refractivity contribution in [2.45, 2.75) is 17.4 Å². The molecule has 0 aliphatic carbocycles. The summed E-state index contributed by atoms with van der Waals surface area (Å²) in [4.78, 5) is 11.3. The van der Waals surface area contributed by atoms with Crippen molar-refractivity contribution in [2.24, 2.45) is 0 Å². The quantitative estimate of drug-likeness (QED) is 0.689. The predicted octanol–water partition coefficient (Wildman–Crippen LogP) is 2.13. The molecule has 1 unspecified atom stereocenters. The predicted molar refractivity (Wildman–Crippen MR) is 87.7 cm³/mol. The Labute approximate surface area is 142 Å². The van der Waals surface area contributed by atoms with Crippen molar-refractivity contribution in [3.63, 3.8) is 0 Å². The molecule has 0 aliphatic rings. The van der Waals surface area contributed by atoms with Gasteiger partial charge in [0.1, 0.15) is 11.8 Å². The number of hydrogen-bond donors (Lipinski definition) is 3. The lowest BCUT2D eigenvalue weighted by Gasteiger charge is -2.15. The minimum absolute atomic E-state index is 0.0161. The van der Waals surface area contributed by atoms with Crippen LogP contribution in [0, 0.1) is 0 Å². The third kappa shape index (κ3) is 4.78. The van der Waals surface area contributed by atoms with Crippen LogP contribution < -0.4 is 4.72 Å². The highest BCUT2D eigenvalue weighted by atomic mass is 79.9. The summed E-state index contributed by atoms with van der Waals surface area (Å²) in [6.07, 6.45) is -0.0363. The van der Waals surface area contributed by atoms with E-state index in [9.17, 15) is 23.4 Å². The number of phenols is 1. The van der Waals surface area contributed by atoms with Gasteiger partial charge in [0.15, 0.2) is 0 Å². The molecule has 3 N–H and O–H groups in total. The van der Waals surface area contributed by atoms with E-state index in [0.717, 1.165) is 4.47 Å². The van der Waals surface area contributed by atoms with E-state index < -0.39 is 22.0 Å². The Bertz CT molecular complexity index is 788. The Balaban J connectivity index is 2.20. The fourth-order valence-electron chi connectivity index (χ4n) is 1.92. The summed E-state index contributed by atoms with van der Waals surface area (Å²) in [5.41, 5.74) is 0.591. The van der Waals surface area contributed by atoms with Crippen molar-refractivity contribution in [2.75, 3.05) is 0 Å². The van der Waals surface area contributed by atoms with Crippen LogP contribution in [0.15, 0.2) is 57.9 Å². The van der Waals surface area contributed by atoms with Gasteiger partial charge in [-0.05, 0) is 48.4 Å². The van der Waals surface area contributed by atoms with Gasteiger partial charge in [0.25, 0.3) is 0 Å². The van der Waals surface area contributed by atoms with Crippen molar-refractivity contribution >= 4 is 31.9 Å². The second-order valence-electron chi connectivity index (χ2n) is 4.84. The number of benzene rings is 2. The van der Waals surface area contributed by atoms with E-state index >= 15 is 0 Å². The number of rotatable bonds is 6. The maximum absolute atomic E-state index is 12.3. The topological polar surface area (TPSA) is 104 Å². The first kappa shape index (κ1) is 17.5. The van der Waals surface area contributed by atoms with Gasteiger partial charge >= 0.3 is 5.97 Å². The van der Waals surface area contributed by atoms with E-state index in [1.807, 2.05) is 0 Å². The van der Waals surface area contributed by atoms with Gasteiger partial charge in [0.2, 0.25) is 10.0 Å². The van der Waals surface area contributed by atoms with Crippen molar-refractivity contribution in [3.8, 4) is 5.75 Å². The van der Waals surface area contributed by atoms with E-state index in [1.165, 1.54) is 24.3 Å². The van der Waals surface area contributed by atoms with Crippen LogP contribution in [0.5, 0.6) is 5.75 Å². The standard InChI is InChI=1S/C15H14BrNO5S/c16-11-3-7-13(8-4-11)23(21,22)17-14(15(19)20)9-10-1-5-12(18)6-2-10/h1-8,14,17-18H,9H2,(H,19,20). The van der Waals surface area contributed by atoms with Gasteiger partial charge in [-0.25, -0.2) is 8.42 Å². The van der Waals surface area contributed by atoms with Gasteiger partial charge < -0.3 is 10.2 Å². The monoisotopic (exact) mass is 399 g/mol. The molecule has 0 bridgehead atoms. The fraction of sp³-hybridized carbons (Fsp3) is 0.133. The molecule has 122 valence electrons. The number of aliphatic carboxylic acids is 1. The van der Waals surface area contributed by atoms with Crippen LogP contribution in [0.2, 0.25) is 0 Å².